The Morgan fingerprint density at radius 3 is 2.44 bits per heavy atom. The van der Waals surface area contributed by atoms with Crippen molar-refractivity contribution in [2.75, 3.05) is 6.54 Å². The summed E-state index contributed by atoms with van der Waals surface area (Å²) in [5.74, 6) is -0.582. The summed E-state index contributed by atoms with van der Waals surface area (Å²) >= 11 is 5.90. The maximum absolute atomic E-state index is 12.6. The summed E-state index contributed by atoms with van der Waals surface area (Å²) in [6.45, 7) is 6.38. The molecule has 0 aliphatic heterocycles. The van der Waals surface area contributed by atoms with Crippen molar-refractivity contribution in [2.45, 2.75) is 45.4 Å². The van der Waals surface area contributed by atoms with E-state index in [0.717, 1.165) is 11.1 Å². The molecule has 0 aromatic heterocycles. The first-order valence-corrected chi connectivity index (χ1v) is 11.5. The summed E-state index contributed by atoms with van der Waals surface area (Å²) in [7, 11) is 0. The Hall–Kier alpha value is -3.06. The molecule has 0 bridgehead atoms. The molecule has 0 unspecified atom stereocenters. The molecule has 1 amide bonds. The number of hydrogen-bond donors (Lipinski definition) is 5. The van der Waals surface area contributed by atoms with E-state index in [9.17, 15) is 20.1 Å². The van der Waals surface area contributed by atoms with E-state index in [0.29, 0.717) is 34.7 Å². The Labute approximate surface area is 205 Å². The number of carbonyl (C=O) groups excluding carboxylic acids is 1. The largest absolute Gasteiger partial charge is 0.504 e. The molecule has 3 aromatic rings. The third kappa shape index (κ3) is 6.73. The predicted octanol–water partition coefficient (Wildman–Crippen LogP) is 4.63. The smallest absolute Gasteiger partial charge is 0.251 e. The second-order valence-corrected chi connectivity index (χ2v) is 9.55. The van der Waals surface area contributed by atoms with E-state index in [1.54, 1.807) is 31.2 Å². The number of aliphatic hydroxyl groups excluding tert-OH is 1. The van der Waals surface area contributed by atoms with E-state index in [1.165, 1.54) is 6.07 Å². The Balaban J connectivity index is 1.59. The molecule has 34 heavy (non-hydrogen) atoms. The van der Waals surface area contributed by atoms with Gasteiger partial charge in [0.2, 0.25) is 0 Å². The van der Waals surface area contributed by atoms with Gasteiger partial charge in [-0.25, -0.2) is 0 Å². The predicted molar refractivity (Wildman–Crippen MR) is 134 cm³/mol. The van der Waals surface area contributed by atoms with Gasteiger partial charge in [-0.15, -0.1) is 0 Å². The van der Waals surface area contributed by atoms with Crippen LogP contribution in [0.5, 0.6) is 11.5 Å². The molecular formula is C27H31ClN2O4. The molecule has 5 N–H and O–H groups in total. The molecule has 1 atom stereocenters. The SMILES string of the molecule is Cc1c([C@@H](O)CNC(C)(C)Cc2cccc(C(=O)NCc3ccc(Cl)cc3)c2)ccc(O)c1O. The molecule has 0 saturated heterocycles. The summed E-state index contributed by atoms with van der Waals surface area (Å²) in [6.07, 6.45) is -0.214. The number of phenols is 2. The number of hydrogen-bond acceptors (Lipinski definition) is 5. The molecule has 0 heterocycles. The topological polar surface area (TPSA) is 102 Å². The molecular weight excluding hydrogens is 452 g/mol. The second-order valence-electron chi connectivity index (χ2n) is 9.11. The fraction of sp³-hybridized carbons (Fsp3) is 0.296. The lowest BCUT2D eigenvalue weighted by Crippen LogP contribution is -2.43. The summed E-state index contributed by atoms with van der Waals surface area (Å²) in [5.41, 5.74) is 3.17. The van der Waals surface area contributed by atoms with E-state index in [1.807, 2.05) is 44.2 Å². The minimum Gasteiger partial charge on any atom is -0.504 e. The van der Waals surface area contributed by atoms with Crippen molar-refractivity contribution >= 4 is 17.5 Å². The van der Waals surface area contributed by atoms with Crippen LogP contribution in [0.4, 0.5) is 0 Å². The summed E-state index contributed by atoms with van der Waals surface area (Å²) in [4.78, 5) is 12.6. The van der Waals surface area contributed by atoms with Gasteiger partial charge >= 0.3 is 0 Å². The van der Waals surface area contributed by atoms with Crippen LogP contribution in [-0.4, -0.2) is 33.3 Å². The molecule has 3 aromatic carbocycles. The summed E-state index contributed by atoms with van der Waals surface area (Å²) in [5, 5.41) is 37.1. The molecule has 0 spiro atoms. The van der Waals surface area contributed by atoms with Gasteiger partial charge in [0.15, 0.2) is 11.5 Å². The first-order valence-electron chi connectivity index (χ1n) is 11.1. The number of nitrogens with one attached hydrogen (secondary N) is 2. The summed E-state index contributed by atoms with van der Waals surface area (Å²) in [6, 6.07) is 17.8. The highest BCUT2D eigenvalue weighted by Gasteiger charge is 2.22. The van der Waals surface area contributed by atoms with Crippen molar-refractivity contribution in [3.8, 4) is 11.5 Å². The van der Waals surface area contributed by atoms with Crippen LogP contribution in [0.15, 0.2) is 60.7 Å². The average Bonchev–Trinajstić information content (AvgIpc) is 2.80. The van der Waals surface area contributed by atoms with E-state index >= 15 is 0 Å². The molecule has 0 fully saturated rings. The number of rotatable bonds is 9. The van der Waals surface area contributed by atoms with E-state index in [2.05, 4.69) is 10.6 Å². The normalized spacial score (nSPS) is 12.4. The zero-order valence-corrected chi connectivity index (χ0v) is 20.4. The minimum atomic E-state index is -0.851. The lowest BCUT2D eigenvalue weighted by molar-refractivity contribution is 0.0950. The van der Waals surface area contributed by atoms with Crippen LogP contribution < -0.4 is 10.6 Å². The maximum Gasteiger partial charge on any atom is 0.251 e. The van der Waals surface area contributed by atoms with Crippen molar-refractivity contribution in [1.82, 2.24) is 10.6 Å². The Morgan fingerprint density at radius 2 is 1.74 bits per heavy atom. The number of benzene rings is 3. The monoisotopic (exact) mass is 482 g/mol. The number of β-amino-alcohol motifs (C(OH)–C–C–N with tert-alkyl or cyclic N) is 1. The van der Waals surface area contributed by atoms with Crippen LogP contribution in [0, 0.1) is 6.92 Å². The Bertz CT molecular complexity index is 1150. The van der Waals surface area contributed by atoms with Gasteiger partial charge in [0, 0.05) is 34.8 Å². The van der Waals surface area contributed by atoms with Gasteiger partial charge in [0.1, 0.15) is 0 Å². The van der Waals surface area contributed by atoms with Crippen LogP contribution in [0.25, 0.3) is 0 Å². The molecule has 0 saturated carbocycles. The van der Waals surface area contributed by atoms with Crippen molar-refractivity contribution < 1.29 is 20.1 Å². The van der Waals surface area contributed by atoms with Crippen LogP contribution >= 0.6 is 11.6 Å². The highest BCUT2D eigenvalue weighted by Crippen LogP contribution is 2.33. The van der Waals surface area contributed by atoms with E-state index < -0.39 is 6.10 Å². The maximum atomic E-state index is 12.6. The van der Waals surface area contributed by atoms with Gasteiger partial charge in [-0.05, 0) is 74.2 Å². The van der Waals surface area contributed by atoms with Crippen molar-refractivity contribution in [3.05, 3.63) is 93.5 Å². The fourth-order valence-electron chi connectivity index (χ4n) is 3.83. The van der Waals surface area contributed by atoms with E-state index in [4.69, 9.17) is 11.6 Å². The average molecular weight is 483 g/mol. The molecule has 6 nitrogen and oxygen atoms in total. The van der Waals surface area contributed by atoms with Crippen molar-refractivity contribution in [3.63, 3.8) is 0 Å². The van der Waals surface area contributed by atoms with Crippen molar-refractivity contribution in [2.24, 2.45) is 0 Å². The van der Waals surface area contributed by atoms with Crippen LogP contribution in [0.1, 0.15) is 52.6 Å². The highest BCUT2D eigenvalue weighted by atomic mass is 35.5. The molecule has 0 aliphatic rings. The lowest BCUT2D eigenvalue weighted by Gasteiger charge is -2.28. The lowest BCUT2D eigenvalue weighted by atomic mass is 9.93. The molecule has 0 radical (unpaired) electrons. The van der Waals surface area contributed by atoms with Gasteiger partial charge in [-0.2, -0.15) is 0 Å². The standard InChI is InChI=1S/C27H31ClN2O4/c1-17-22(11-12-23(31)25(17)33)24(32)16-30-27(2,3)14-19-5-4-6-20(13-19)26(34)29-15-18-7-9-21(28)10-8-18/h4-13,24,30-33H,14-16H2,1-3H3,(H,29,34)/t24-/m0/s1. The minimum absolute atomic E-state index is 0.152. The highest BCUT2D eigenvalue weighted by molar-refractivity contribution is 6.30. The third-order valence-corrected chi connectivity index (χ3v) is 6.04. The number of phenolic OH excluding ortho intramolecular Hbond substituents is 2. The second kappa shape index (κ2) is 10.9. The van der Waals surface area contributed by atoms with Gasteiger partial charge in [0.05, 0.1) is 6.10 Å². The van der Waals surface area contributed by atoms with Gasteiger partial charge in [0.25, 0.3) is 5.91 Å². The number of aromatic hydroxyl groups is 2. The van der Waals surface area contributed by atoms with Gasteiger partial charge in [-0.1, -0.05) is 41.9 Å². The molecule has 180 valence electrons. The summed E-state index contributed by atoms with van der Waals surface area (Å²) < 4.78 is 0. The van der Waals surface area contributed by atoms with Crippen LogP contribution in [0.3, 0.4) is 0 Å². The van der Waals surface area contributed by atoms with E-state index in [-0.39, 0.29) is 29.5 Å². The first kappa shape index (κ1) is 25.6. The van der Waals surface area contributed by atoms with Gasteiger partial charge < -0.3 is 26.0 Å². The molecule has 3 rings (SSSR count). The zero-order chi connectivity index (χ0) is 24.9. The zero-order valence-electron chi connectivity index (χ0n) is 19.6. The molecule has 7 heteroatoms. The number of aliphatic hydroxyl groups is 1. The van der Waals surface area contributed by atoms with Crippen molar-refractivity contribution in [1.29, 1.82) is 0 Å². The van der Waals surface area contributed by atoms with Crippen LogP contribution in [-0.2, 0) is 13.0 Å². The molecule has 0 aliphatic carbocycles. The number of amides is 1. The Kier molecular flexibility index (Phi) is 8.20. The first-order chi connectivity index (χ1) is 16.1. The van der Waals surface area contributed by atoms with Gasteiger partial charge in [-0.3, -0.25) is 4.79 Å². The third-order valence-electron chi connectivity index (χ3n) is 5.79. The number of halogens is 1. The fourth-order valence-corrected chi connectivity index (χ4v) is 3.95. The Morgan fingerprint density at radius 1 is 1.03 bits per heavy atom. The number of carbonyl (C=O) groups is 1. The van der Waals surface area contributed by atoms with Crippen LogP contribution in [0.2, 0.25) is 5.02 Å². The quantitative estimate of drug-likeness (QED) is 0.286.